The minimum absolute atomic E-state index is 0. The van der Waals surface area contributed by atoms with Crippen LogP contribution in [0, 0.1) is 0 Å². The van der Waals surface area contributed by atoms with E-state index in [4.69, 9.17) is 5.73 Å². The van der Waals surface area contributed by atoms with Gasteiger partial charge in [0.15, 0.2) is 0 Å². The Morgan fingerprint density at radius 2 is 2.17 bits per heavy atom. The van der Waals surface area contributed by atoms with E-state index in [0.29, 0.717) is 23.0 Å². The van der Waals surface area contributed by atoms with Crippen molar-refractivity contribution in [1.82, 2.24) is 4.90 Å². The van der Waals surface area contributed by atoms with E-state index in [1.807, 2.05) is 0 Å². The van der Waals surface area contributed by atoms with Gasteiger partial charge in [-0.3, -0.25) is 9.59 Å². The molecule has 3 N–H and O–H groups in total. The van der Waals surface area contributed by atoms with Crippen molar-refractivity contribution in [3.05, 3.63) is 24.3 Å². The fourth-order valence-electron chi connectivity index (χ4n) is 1.51. The molecule has 1 aliphatic heterocycles. The summed E-state index contributed by atoms with van der Waals surface area (Å²) in [4.78, 5) is 24.6. The Balaban J connectivity index is 0.00000162. The second-order valence-electron chi connectivity index (χ2n) is 3.70. The zero-order chi connectivity index (χ0) is 12.3. The molecule has 1 fully saturated rings. The van der Waals surface area contributed by atoms with Crippen molar-refractivity contribution >= 4 is 47.4 Å². The van der Waals surface area contributed by atoms with Gasteiger partial charge in [0.1, 0.15) is 6.54 Å². The second kappa shape index (κ2) is 6.51. The van der Waals surface area contributed by atoms with Crippen molar-refractivity contribution < 1.29 is 9.59 Å². The lowest BCUT2D eigenvalue weighted by Gasteiger charge is -2.14. The number of thioether (sulfide) groups is 1. The number of hydrogen-bond acceptors (Lipinski definition) is 4. The average Bonchev–Trinajstić information content (AvgIpc) is 2.68. The van der Waals surface area contributed by atoms with Gasteiger partial charge in [-0.25, -0.2) is 0 Å². The molecule has 0 atom stereocenters. The number of para-hydroxylation sites is 2. The third kappa shape index (κ3) is 3.54. The van der Waals surface area contributed by atoms with Gasteiger partial charge in [0.05, 0.1) is 23.0 Å². The number of rotatable bonds is 3. The number of nitrogen functional groups attached to an aromatic ring is 1. The minimum Gasteiger partial charge on any atom is -0.397 e. The van der Waals surface area contributed by atoms with E-state index in [-0.39, 0.29) is 30.8 Å². The van der Waals surface area contributed by atoms with Crippen molar-refractivity contribution in [1.29, 1.82) is 0 Å². The van der Waals surface area contributed by atoms with Gasteiger partial charge in [0.2, 0.25) is 11.8 Å². The molecule has 0 saturated carbocycles. The largest absolute Gasteiger partial charge is 0.397 e. The molecule has 0 aliphatic carbocycles. The monoisotopic (exact) mass is 287 g/mol. The standard InChI is InChI=1S/C11H13N3O2S.ClH/c12-8-3-1-2-4-9(8)13-10(15)5-14-7-17-6-11(14)16;/h1-4H,5-7,12H2,(H,13,15);1H. The van der Waals surface area contributed by atoms with Crippen molar-refractivity contribution in [3.8, 4) is 0 Å². The van der Waals surface area contributed by atoms with Crippen LogP contribution in [0.3, 0.4) is 0 Å². The maximum atomic E-state index is 11.7. The normalized spacial score (nSPS) is 14.2. The van der Waals surface area contributed by atoms with Crippen LogP contribution in [0.5, 0.6) is 0 Å². The van der Waals surface area contributed by atoms with Gasteiger partial charge in [-0.15, -0.1) is 24.2 Å². The molecule has 7 heteroatoms. The van der Waals surface area contributed by atoms with E-state index in [1.54, 1.807) is 24.3 Å². The summed E-state index contributed by atoms with van der Waals surface area (Å²) in [5.41, 5.74) is 6.80. The molecule has 0 radical (unpaired) electrons. The van der Waals surface area contributed by atoms with Crippen molar-refractivity contribution in [2.75, 3.05) is 29.2 Å². The number of hydrogen-bond donors (Lipinski definition) is 2. The Morgan fingerprint density at radius 3 is 2.78 bits per heavy atom. The molecule has 18 heavy (non-hydrogen) atoms. The van der Waals surface area contributed by atoms with Gasteiger partial charge in [-0.05, 0) is 12.1 Å². The molecule has 0 bridgehead atoms. The lowest BCUT2D eigenvalue weighted by Crippen LogP contribution is -2.34. The highest BCUT2D eigenvalue weighted by Crippen LogP contribution is 2.18. The number of nitrogens with one attached hydrogen (secondary N) is 1. The predicted octanol–water partition coefficient (Wildman–Crippen LogP) is 1.16. The van der Waals surface area contributed by atoms with Crippen molar-refractivity contribution in [2.45, 2.75) is 0 Å². The Morgan fingerprint density at radius 1 is 1.44 bits per heavy atom. The maximum Gasteiger partial charge on any atom is 0.244 e. The van der Waals surface area contributed by atoms with Gasteiger partial charge in [-0.1, -0.05) is 12.1 Å². The molecule has 1 saturated heterocycles. The predicted molar refractivity (Wildman–Crippen MR) is 75.8 cm³/mol. The van der Waals surface area contributed by atoms with Gasteiger partial charge in [0.25, 0.3) is 0 Å². The number of nitrogens with two attached hydrogens (primary N) is 1. The van der Waals surface area contributed by atoms with Crippen LogP contribution >= 0.6 is 24.2 Å². The first-order valence-corrected chi connectivity index (χ1v) is 6.32. The van der Waals surface area contributed by atoms with Gasteiger partial charge >= 0.3 is 0 Å². The Labute approximate surface area is 115 Å². The third-order valence-electron chi connectivity index (χ3n) is 2.39. The van der Waals surface area contributed by atoms with E-state index in [9.17, 15) is 9.59 Å². The van der Waals surface area contributed by atoms with Gasteiger partial charge < -0.3 is 16.0 Å². The van der Waals surface area contributed by atoms with Crippen molar-refractivity contribution in [3.63, 3.8) is 0 Å². The summed E-state index contributed by atoms with van der Waals surface area (Å²) in [6.45, 7) is 0.0835. The van der Waals surface area contributed by atoms with Crippen LogP contribution in [-0.4, -0.2) is 34.9 Å². The highest BCUT2D eigenvalue weighted by molar-refractivity contribution is 8.00. The molecule has 0 aromatic heterocycles. The maximum absolute atomic E-state index is 11.7. The van der Waals surface area contributed by atoms with Crippen LogP contribution in [0.25, 0.3) is 0 Å². The first kappa shape index (κ1) is 14.7. The highest BCUT2D eigenvalue weighted by Gasteiger charge is 2.22. The number of nitrogens with zero attached hydrogens (tertiary/aromatic N) is 1. The summed E-state index contributed by atoms with van der Waals surface area (Å²) >= 11 is 1.51. The molecule has 1 heterocycles. The number of halogens is 1. The number of anilines is 2. The van der Waals surface area contributed by atoms with Crippen LogP contribution in [0.2, 0.25) is 0 Å². The fourth-order valence-corrected chi connectivity index (χ4v) is 2.42. The fraction of sp³-hybridized carbons (Fsp3) is 0.273. The SMILES string of the molecule is Cl.Nc1ccccc1NC(=O)CN1CSCC1=O. The number of carbonyl (C=O) groups is 2. The Bertz CT molecular complexity index is 456. The Kier molecular flexibility index (Phi) is 5.30. The van der Waals surface area contributed by atoms with E-state index >= 15 is 0 Å². The lowest BCUT2D eigenvalue weighted by molar-refractivity contribution is -0.130. The third-order valence-corrected chi connectivity index (χ3v) is 3.34. The molecule has 1 aliphatic rings. The summed E-state index contributed by atoms with van der Waals surface area (Å²) < 4.78 is 0. The van der Waals surface area contributed by atoms with E-state index in [0.717, 1.165) is 0 Å². The summed E-state index contributed by atoms with van der Waals surface area (Å²) in [7, 11) is 0. The first-order valence-electron chi connectivity index (χ1n) is 5.16. The Hall–Kier alpha value is -1.40. The molecule has 5 nitrogen and oxygen atoms in total. The quantitative estimate of drug-likeness (QED) is 0.818. The minimum atomic E-state index is -0.223. The molecule has 98 valence electrons. The van der Waals surface area contributed by atoms with E-state index in [1.165, 1.54) is 16.7 Å². The van der Waals surface area contributed by atoms with Crippen LogP contribution in [0.15, 0.2) is 24.3 Å². The molecule has 2 rings (SSSR count). The van der Waals surface area contributed by atoms with Crippen LogP contribution in [-0.2, 0) is 9.59 Å². The number of carbonyl (C=O) groups excluding carboxylic acids is 2. The average molecular weight is 288 g/mol. The molecule has 1 aromatic carbocycles. The van der Waals surface area contributed by atoms with E-state index in [2.05, 4.69) is 5.32 Å². The zero-order valence-corrected chi connectivity index (χ0v) is 11.2. The van der Waals surface area contributed by atoms with Crippen LogP contribution < -0.4 is 11.1 Å². The number of amides is 2. The number of benzene rings is 1. The smallest absolute Gasteiger partial charge is 0.244 e. The lowest BCUT2D eigenvalue weighted by atomic mass is 10.2. The summed E-state index contributed by atoms with van der Waals surface area (Å²) in [5.74, 6) is 0.821. The molecule has 0 spiro atoms. The van der Waals surface area contributed by atoms with E-state index < -0.39 is 0 Å². The zero-order valence-electron chi connectivity index (χ0n) is 9.59. The summed E-state index contributed by atoms with van der Waals surface area (Å²) in [5, 5.41) is 2.69. The highest BCUT2D eigenvalue weighted by atomic mass is 35.5. The molecule has 1 aromatic rings. The topological polar surface area (TPSA) is 75.4 Å². The van der Waals surface area contributed by atoms with Gasteiger partial charge in [0, 0.05) is 0 Å². The molecular weight excluding hydrogens is 274 g/mol. The molecule has 0 unspecified atom stereocenters. The van der Waals surface area contributed by atoms with Crippen LogP contribution in [0.4, 0.5) is 11.4 Å². The summed E-state index contributed by atoms with van der Waals surface area (Å²) in [6, 6.07) is 7.04. The summed E-state index contributed by atoms with van der Waals surface area (Å²) in [6.07, 6.45) is 0. The van der Waals surface area contributed by atoms with Gasteiger partial charge in [-0.2, -0.15) is 0 Å². The van der Waals surface area contributed by atoms with Crippen LogP contribution in [0.1, 0.15) is 0 Å². The molecular formula is C11H14ClN3O2S. The second-order valence-corrected chi connectivity index (χ2v) is 4.66. The molecule has 2 amide bonds. The van der Waals surface area contributed by atoms with Crippen molar-refractivity contribution in [2.24, 2.45) is 0 Å². The first-order chi connectivity index (χ1) is 8.16.